The molecule has 3 nitrogen and oxygen atoms in total. The molecule has 98 valence electrons. The maximum atomic E-state index is 12.4. The maximum absolute atomic E-state index is 12.4. The summed E-state index contributed by atoms with van der Waals surface area (Å²) >= 11 is 5.89. The Balaban J connectivity index is 2.10. The third-order valence-corrected chi connectivity index (χ3v) is 4.14. The lowest BCUT2D eigenvalue weighted by Gasteiger charge is -2.35. The van der Waals surface area contributed by atoms with Crippen molar-refractivity contribution in [2.45, 2.75) is 31.9 Å². The summed E-state index contributed by atoms with van der Waals surface area (Å²) in [5.74, 6) is 1.19. The highest BCUT2D eigenvalue weighted by atomic mass is 35.5. The van der Waals surface area contributed by atoms with Gasteiger partial charge in [0, 0.05) is 19.3 Å². The summed E-state index contributed by atoms with van der Waals surface area (Å²) in [4.78, 5) is 14.0. The summed E-state index contributed by atoms with van der Waals surface area (Å²) < 4.78 is 5.70. The van der Waals surface area contributed by atoms with E-state index >= 15 is 0 Å². The average molecular weight is 268 g/mol. The molecule has 0 N–H and O–H groups in total. The minimum Gasteiger partial charge on any atom is -0.480 e. The monoisotopic (exact) mass is 267 g/mol. The SMILES string of the molecule is CN(C(=O)C1Cc2ccccc2O1)C(C)(C)CCl. The summed E-state index contributed by atoms with van der Waals surface area (Å²) in [6.45, 7) is 3.89. The van der Waals surface area contributed by atoms with Crippen molar-refractivity contribution in [1.82, 2.24) is 4.90 Å². The number of carbonyl (C=O) groups is 1. The van der Waals surface area contributed by atoms with Gasteiger partial charge in [-0.25, -0.2) is 0 Å². The Kier molecular flexibility index (Phi) is 3.53. The molecule has 0 aromatic heterocycles. The quantitative estimate of drug-likeness (QED) is 0.788. The van der Waals surface area contributed by atoms with Crippen molar-refractivity contribution in [2.75, 3.05) is 12.9 Å². The van der Waals surface area contributed by atoms with E-state index in [1.54, 1.807) is 11.9 Å². The molecule has 0 aliphatic carbocycles. The van der Waals surface area contributed by atoms with Crippen molar-refractivity contribution < 1.29 is 9.53 Å². The Labute approximate surface area is 113 Å². The van der Waals surface area contributed by atoms with E-state index in [0.29, 0.717) is 12.3 Å². The number of carbonyl (C=O) groups excluding carboxylic acids is 1. The Morgan fingerprint density at radius 2 is 2.17 bits per heavy atom. The Morgan fingerprint density at radius 3 is 2.78 bits per heavy atom. The highest BCUT2D eigenvalue weighted by molar-refractivity contribution is 6.18. The number of benzene rings is 1. The van der Waals surface area contributed by atoms with E-state index in [1.807, 2.05) is 38.1 Å². The fourth-order valence-electron chi connectivity index (χ4n) is 1.92. The lowest BCUT2D eigenvalue weighted by molar-refractivity contribution is -0.140. The van der Waals surface area contributed by atoms with Gasteiger partial charge < -0.3 is 9.64 Å². The van der Waals surface area contributed by atoms with Crippen molar-refractivity contribution in [3.63, 3.8) is 0 Å². The second-order valence-corrected chi connectivity index (χ2v) is 5.53. The molecular weight excluding hydrogens is 250 g/mol. The van der Waals surface area contributed by atoms with Crippen molar-refractivity contribution >= 4 is 17.5 Å². The first kappa shape index (κ1) is 13.2. The molecule has 1 aliphatic heterocycles. The van der Waals surface area contributed by atoms with E-state index in [-0.39, 0.29) is 11.4 Å². The molecule has 0 bridgehead atoms. The number of likely N-dealkylation sites (N-methyl/N-ethyl adjacent to an activating group) is 1. The van der Waals surface area contributed by atoms with E-state index < -0.39 is 6.10 Å². The largest absolute Gasteiger partial charge is 0.480 e. The number of hydrogen-bond acceptors (Lipinski definition) is 2. The smallest absolute Gasteiger partial charge is 0.264 e. The number of para-hydroxylation sites is 1. The van der Waals surface area contributed by atoms with Gasteiger partial charge in [0.25, 0.3) is 5.91 Å². The van der Waals surface area contributed by atoms with Gasteiger partial charge in [-0.05, 0) is 25.5 Å². The molecule has 1 aromatic rings. The fourth-order valence-corrected chi connectivity index (χ4v) is 2.10. The zero-order valence-electron chi connectivity index (χ0n) is 10.9. The Hall–Kier alpha value is -1.22. The summed E-state index contributed by atoms with van der Waals surface area (Å²) in [6, 6.07) is 7.77. The molecule has 1 heterocycles. The normalized spacial score (nSPS) is 18.1. The van der Waals surface area contributed by atoms with Gasteiger partial charge in [0.05, 0.1) is 5.54 Å². The first-order valence-electron chi connectivity index (χ1n) is 6.04. The van der Waals surface area contributed by atoms with E-state index in [1.165, 1.54) is 0 Å². The van der Waals surface area contributed by atoms with Crippen molar-refractivity contribution in [3.8, 4) is 5.75 Å². The minimum atomic E-state index is -0.421. The first-order valence-corrected chi connectivity index (χ1v) is 6.57. The molecule has 0 saturated heterocycles. The summed E-state index contributed by atoms with van der Waals surface area (Å²) in [7, 11) is 1.77. The van der Waals surface area contributed by atoms with Crippen molar-refractivity contribution in [2.24, 2.45) is 0 Å². The molecular formula is C14H18ClNO2. The van der Waals surface area contributed by atoms with Gasteiger partial charge in [-0.1, -0.05) is 18.2 Å². The molecule has 1 unspecified atom stereocenters. The van der Waals surface area contributed by atoms with E-state index in [9.17, 15) is 4.79 Å². The maximum Gasteiger partial charge on any atom is 0.264 e. The zero-order chi connectivity index (χ0) is 13.3. The van der Waals surface area contributed by atoms with Crippen LogP contribution < -0.4 is 4.74 Å². The van der Waals surface area contributed by atoms with Crippen LogP contribution >= 0.6 is 11.6 Å². The summed E-state index contributed by atoms with van der Waals surface area (Å²) in [5, 5.41) is 0. The van der Waals surface area contributed by atoms with Crippen molar-refractivity contribution in [3.05, 3.63) is 29.8 Å². The van der Waals surface area contributed by atoms with Crippen LogP contribution in [0.25, 0.3) is 0 Å². The molecule has 1 atom stereocenters. The van der Waals surface area contributed by atoms with Crippen LogP contribution in [0.5, 0.6) is 5.75 Å². The molecule has 1 aromatic carbocycles. The topological polar surface area (TPSA) is 29.5 Å². The molecule has 2 rings (SSSR count). The number of ether oxygens (including phenoxy) is 1. The number of hydrogen-bond donors (Lipinski definition) is 0. The van der Waals surface area contributed by atoms with Gasteiger partial charge in [0.2, 0.25) is 0 Å². The van der Waals surface area contributed by atoms with E-state index in [2.05, 4.69) is 0 Å². The third-order valence-electron chi connectivity index (χ3n) is 3.49. The fraction of sp³-hybridized carbons (Fsp3) is 0.500. The van der Waals surface area contributed by atoms with Gasteiger partial charge in [-0.3, -0.25) is 4.79 Å². The van der Waals surface area contributed by atoms with Gasteiger partial charge >= 0.3 is 0 Å². The van der Waals surface area contributed by atoms with Crippen LogP contribution in [0.1, 0.15) is 19.4 Å². The second kappa shape index (κ2) is 4.81. The van der Waals surface area contributed by atoms with E-state index in [4.69, 9.17) is 16.3 Å². The molecule has 0 radical (unpaired) electrons. The molecule has 0 fully saturated rings. The Bertz CT molecular complexity index is 434. The van der Waals surface area contributed by atoms with Gasteiger partial charge in [-0.2, -0.15) is 0 Å². The van der Waals surface area contributed by atoms with Crippen LogP contribution in [0.15, 0.2) is 24.3 Å². The Morgan fingerprint density at radius 1 is 1.50 bits per heavy atom. The zero-order valence-corrected chi connectivity index (χ0v) is 11.7. The number of rotatable bonds is 3. The number of amides is 1. The standard InChI is InChI=1S/C14H18ClNO2/c1-14(2,9-15)16(3)13(17)12-8-10-6-4-5-7-11(10)18-12/h4-7,12H,8-9H2,1-3H3. The molecule has 0 spiro atoms. The van der Waals surface area contributed by atoms with Crippen molar-refractivity contribution in [1.29, 1.82) is 0 Å². The minimum absolute atomic E-state index is 0.0168. The van der Waals surface area contributed by atoms with Crippen LogP contribution in [0.4, 0.5) is 0 Å². The second-order valence-electron chi connectivity index (χ2n) is 5.26. The molecule has 0 saturated carbocycles. The van der Waals surface area contributed by atoms with Crippen LogP contribution in [0.3, 0.4) is 0 Å². The molecule has 4 heteroatoms. The van der Waals surface area contributed by atoms with Crippen LogP contribution in [-0.4, -0.2) is 35.4 Å². The number of nitrogens with zero attached hydrogens (tertiary/aromatic N) is 1. The first-order chi connectivity index (χ1) is 8.45. The lowest BCUT2D eigenvalue weighted by atomic mass is 10.0. The number of fused-ring (bicyclic) bond motifs is 1. The number of halogens is 1. The van der Waals surface area contributed by atoms with Gasteiger partial charge in [-0.15, -0.1) is 11.6 Å². The third kappa shape index (κ3) is 2.32. The highest BCUT2D eigenvalue weighted by Gasteiger charge is 2.36. The molecule has 1 aliphatic rings. The number of alkyl halides is 1. The van der Waals surface area contributed by atoms with E-state index in [0.717, 1.165) is 11.3 Å². The molecule has 1 amide bonds. The van der Waals surface area contributed by atoms with Crippen LogP contribution in [0, 0.1) is 0 Å². The predicted octanol–water partition coefficient (Wildman–Crippen LogP) is 2.47. The highest BCUT2D eigenvalue weighted by Crippen LogP contribution is 2.29. The van der Waals surface area contributed by atoms with Crippen LogP contribution in [-0.2, 0) is 11.2 Å². The molecule has 18 heavy (non-hydrogen) atoms. The average Bonchev–Trinajstić information content (AvgIpc) is 2.80. The van der Waals surface area contributed by atoms with Gasteiger partial charge in [0.1, 0.15) is 5.75 Å². The lowest BCUT2D eigenvalue weighted by Crippen LogP contribution is -2.51. The van der Waals surface area contributed by atoms with Crippen LogP contribution in [0.2, 0.25) is 0 Å². The predicted molar refractivity (Wildman–Crippen MR) is 72.1 cm³/mol. The summed E-state index contributed by atoms with van der Waals surface area (Å²) in [5.41, 5.74) is 0.726. The summed E-state index contributed by atoms with van der Waals surface area (Å²) in [6.07, 6.45) is 0.215. The van der Waals surface area contributed by atoms with Gasteiger partial charge in [0.15, 0.2) is 6.10 Å².